The molecule has 0 bridgehead atoms. The number of amides is 1. The minimum absolute atomic E-state index is 0.110. The molecule has 0 spiro atoms. The Morgan fingerprint density at radius 2 is 2.00 bits per heavy atom. The van der Waals surface area contributed by atoms with Gasteiger partial charge in [-0.25, -0.2) is 0 Å². The Kier molecular flexibility index (Phi) is 6.65. The molecule has 1 aliphatic rings. The van der Waals surface area contributed by atoms with E-state index in [4.69, 9.17) is 5.11 Å². The quantitative estimate of drug-likeness (QED) is 0.790. The highest BCUT2D eigenvalue weighted by atomic mass is 32.2. The fraction of sp³-hybridized carbons (Fsp3) is 0.846. The summed E-state index contributed by atoms with van der Waals surface area (Å²) in [6.07, 6.45) is 3.21. The highest BCUT2D eigenvalue weighted by Gasteiger charge is 2.27. The second-order valence-electron chi connectivity index (χ2n) is 5.21. The molecule has 5 nitrogen and oxygen atoms in total. The van der Waals surface area contributed by atoms with Gasteiger partial charge in [0.25, 0.3) is 0 Å². The Balaban J connectivity index is 2.37. The number of hydrogen-bond donors (Lipinski definition) is 1. The summed E-state index contributed by atoms with van der Waals surface area (Å²) in [5.74, 6) is 0.0968. The van der Waals surface area contributed by atoms with Crippen molar-refractivity contribution in [1.82, 2.24) is 9.80 Å². The summed E-state index contributed by atoms with van der Waals surface area (Å²) in [7, 11) is 1.96. The molecule has 1 unspecified atom stereocenters. The number of carboxylic acids is 1. The third kappa shape index (κ3) is 5.03. The zero-order chi connectivity index (χ0) is 14.4. The molecule has 6 heteroatoms. The molecule has 1 heterocycles. The number of thioether (sulfide) groups is 1. The Morgan fingerprint density at radius 1 is 1.42 bits per heavy atom. The van der Waals surface area contributed by atoms with Gasteiger partial charge < -0.3 is 10.0 Å². The summed E-state index contributed by atoms with van der Waals surface area (Å²) in [6, 6.07) is 0.371. The van der Waals surface area contributed by atoms with Gasteiger partial charge in [-0.3, -0.25) is 14.5 Å². The SMILES string of the molecule is CSCC(C)N(C)CC(=O)N1CCC(C(=O)O)CC1. The van der Waals surface area contributed by atoms with Gasteiger partial charge in [-0.2, -0.15) is 11.8 Å². The lowest BCUT2D eigenvalue weighted by molar-refractivity contribution is -0.146. The number of rotatable bonds is 6. The van der Waals surface area contributed by atoms with Crippen molar-refractivity contribution in [2.75, 3.05) is 38.7 Å². The van der Waals surface area contributed by atoms with Crippen molar-refractivity contribution in [3.05, 3.63) is 0 Å². The van der Waals surface area contributed by atoms with Crippen molar-refractivity contribution in [2.45, 2.75) is 25.8 Å². The van der Waals surface area contributed by atoms with Crippen LogP contribution in [-0.2, 0) is 9.59 Å². The second kappa shape index (κ2) is 7.75. The first-order chi connectivity index (χ1) is 8.95. The smallest absolute Gasteiger partial charge is 0.306 e. The summed E-state index contributed by atoms with van der Waals surface area (Å²) in [6.45, 7) is 3.67. The molecule has 0 saturated carbocycles. The fourth-order valence-corrected chi connectivity index (χ4v) is 2.95. The van der Waals surface area contributed by atoms with Gasteiger partial charge in [0.15, 0.2) is 0 Å². The van der Waals surface area contributed by atoms with E-state index in [-0.39, 0.29) is 11.8 Å². The lowest BCUT2D eigenvalue weighted by atomic mass is 9.97. The van der Waals surface area contributed by atoms with Crippen LogP contribution >= 0.6 is 11.8 Å². The molecular formula is C13H24N2O3S. The predicted molar refractivity (Wildman–Crippen MR) is 77.4 cm³/mol. The molecule has 1 rings (SSSR count). The summed E-state index contributed by atoms with van der Waals surface area (Å²) in [5.41, 5.74) is 0. The van der Waals surface area contributed by atoms with Gasteiger partial charge in [0, 0.05) is 24.9 Å². The molecule has 1 fully saturated rings. The normalized spacial score (nSPS) is 18.6. The van der Waals surface area contributed by atoms with Crippen LogP contribution in [0.1, 0.15) is 19.8 Å². The van der Waals surface area contributed by atoms with Crippen LogP contribution in [0, 0.1) is 5.92 Å². The van der Waals surface area contributed by atoms with E-state index in [0.29, 0.717) is 38.5 Å². The molecule has 110 valence electrons. The maximum Gasteiger partial charge on any atom is 0.306 e. The molecule has 1 saturated heterocycles. The molecule has 0 aromatic rings. The molecule has 1 aliphatic heterocycles. The van der Waals surface area contributed by atoms with Crippen LogP contribution in [0.25, 0.3) is 0 Å². The molecule has 0 aliphatic carbocycles. The van der Waals surface area contributed by atoms with E-state index in [2.05, 4.69) is 18.1 Å². The van der Waals surface area contributed by atoms with Gasteiger partial charge in [-0.1, -0.05) is 0 Å². The Morgan fingerprint density at radius 3 is 2.47 bits per heavy atom. The van der Waals surface area contributed by atoms with Gasteiger partial charge in [0.2, 0.25) is 5.91 Å². The fourth-order valence-electron chi connectivity index (χ4n) is 2.21. The van der Waals surface area contributed by atoms with Gasteiger partial charge in [0.1, 0.15) is 0 Å². The van der Waals surface area contributed by atoms with Crippen LogP contribution in [0.2, 0.25) is 0 Å². The summed E-state index contributed by atoms with van der Waals surface area (Å²) in [5, 5.41) is 8.93. The Bertz CT molecular complexity index is 317. The van der Waals surface area contributed by atoms with Crippen molar-refractivity contribution in [3.63, 3.8) is 0 Å². The van der Waals surface area contributed by atoms with Crippen LogP contribution < -0.4 is 0 Å². The highest BCUT2D eigenvalue weighted by Crippen LogP contribution is 2.17. The number of carbonyl (C=O) groups is 2. The monoisotopic (exact) mass is 288 g/mol. The van der Waals surface area contributed by atoms with Gasteiger partial charge in [-0.05, 0) is 33.1 Å². The van der Waals surface area contributed by atoms with Crippen LogP contribution in [0.5, 0.6) is 0 Å². The number of aliphatic carboxylic acids is 1. The molecule has 1 N–H and O–H groups in total. The number of hydrogen-bond acceptors (Lipinski definition) is 4. The summed E-state index contributed by atoms with van der Waals surface area (Å²) < 4.78 is 0. The van der Waals surface area contributed by atoms with Crippen molar-refractivity contribution < 1.29 is 14.7 Å². The zero-order valence-corrected chi connectivity index (χ0v) is 12.8. The largest absolute Gasteiger partial charge is 0.481 e. The number of carbonyl (C=O) groups excluding carboxylic acids is 1. The first-order valence-electron chi connectivity index (χ1n) is 6.65. The number of piperidine rings is 1. The zero-order valence-electron chi connectivity index (χ0n) is 12.0. The van der Waals surface area contributed by atoms with E-state index in [9.17, 15) is 9.59 Å². The second-order valence-corrected chi connectivity index (χ2v) is 6.12. The molecule has 1 atom stereocenters. The molecule has 1 amide bonds. The highest BCUT2D eigenvalue weighted by molar-refractivity contribution is 7.98. The number of likely N-dealkylation sites (N-methyl/N-ethyl adjacent to an activating group) is 1. The van der Waals surface area contributed by atoms with E-state index in [0.717, 1.165) is 5.75 Å². The van der Waals surface area contributed by atoms with Gasteiger partial charge in [-0.15, -0.1) is 0 Å². The van der Waals surface area contributed by atoms with Gasteiger partial charge in [0.05, 0.1) is 12.5 Å². The average molecular weight is 288 g/mol. The topological polar surface area (TPSA) is 60.9 Å². The van der Waals surface area contributed by atoms with E-state index < -0.39 is 5.97 Å². The van der Waals surface area contributed by atoms with Crippen molar-refractivity contribution in [2.24, 2.45) is 5.92 Å². The molecular weight excluding hydrogens is 264 g/mol. The molecule has 19 heavy (non-hydrogen) atoms. The third-order valence-corrected chi connectivity index (χ3v) is 4.56. The minimum Gasteiger partial charge on any atom is -0.481 e. The molecule has 0 aromatic heterocycles. The molecule has 0 radical (unpaired) electrons. The Labute approximate surface area is 119 Å². The number of nitrogens with zero attached hydrogens (tertiary/aromatic N) is 2. The van der Waals surface area contributed by atoms with Crippen LogP contribution in [0.3, 0.4) is 0 Å². The first-order valence-corrected chi connectivity index (χ1v) is 8.04. The maximum absolute atomic E-state index is 12.1. The lowest BCUT2D eigenvalue weighted by Gasteiger charge is -2.32. The molecule has 0 aromatic carbocycles. The Hall–Kier alpha value is -0.750. The van der Waals surface area contributed by atoms with E-state index in [1.807, 2.05) is 7.05 Å². The van der Waals surface area contributed by atoms with Crippen LogP contribution in [-0.4, -0.2) is 71.5 Å². The van der Waals surface area contributed by atoms with Crippen molar-refractivity contribution in [1.29, 1.82) is 0 Å². The minimum atomic E-state index is -0.738. The summed E-state index contributed by atoms with van der Waals surface area (Å²) >= 11 is 1.77. The van der Waals surface area contributed by atoms with E-state index >= 15 is 0 Å². The van der Waals surface area contributed by atoms with E-state index in [1.165, 1.54) is 0 Å². The van der Waals surface area contributed by atoms with Crippen LogP contribution in [0.15, 0.2) is 0 Å². The van der Waals surface area contributed by atoms with Crippen molar-refractivity contribution in [3.8, 4) is 0 Å². The maximum atomic E-state index is 12.1. The number of carboxylic acid groups (broad SMARTS) is 1. The van der Waals surface area contributed by atoms with E-state index in [1.54, 1.807) is 16.7 Å². The predicted octanol–water partition coefficient (Wildman–Crippen LogP) is 0.993. The third-order valence-electron chi connectivity index (χ3n) is 3.74. The first kappa shape index (κ1) is 16.3. The van der Waals surface area contributed by atoms with Crippen LogP contribution in [0.4, 0.5) is 0 Å². The van der Waals surface area contributed by atoms with Crippen molar-refractivity contribution >= 4 is 23.6 Å². The standard InChI is InChI=1S/C13H24N2O3S/c1-10(9-19-3)14(2)8-12(16)15-6-4-11(5-7-15)13(17)18/h10-11H,4-9H2,1-3H3,(H,17,18). The lowest BCUT2D eigenvalue weighted by Crippen LogP contribution is -2.46. The summed E-state index contributed by atoms with van der Waals surface area (Å²) in [4.78, 5) is 26.8. The number of likely N-dealkylation sites (tertiary alicyclic amines) is 1. The average Bonchev–Trinajstić information content (AvgIpc) is 2.38. The van der Waals surface area contributed by atoms with Gasteiger partial charge >= 0.3 is 5.97 Å².